The first-order valence-corrected chi connectivity index (χ1v) is 8.97. The van der Waals surface area contributed by atoms with Gasteiger partial charge in [0.25, 0.3) is 0 Å². The number of guanidine groups is 1. The number of hydrogen-bond acceptors (Lipinski definition) is 4. The van der Waals surface area contributed by atoms with E-state index in [1.807, 2.05) is 20.8 Å². The highest BCUT2D eigenvalue weighted by molar-refractivity contribution is 6.32. The Hall–Kier alpha value is -2.15. The number of rotatable bonds is 6. The minimum absolute atomic E-state index is 0.245. The number of halogens is 1. The molecule has 0 saturated heterocycles. The first kappa shape index (κ1) is 20.2. The van der Waals surface area contributed by atoms with Crippen molar-refractivity contribution in [3.8, 4) is 5.75 Å². The zero-order chi connectivity index (χ0) is 19.3. The average Bonchev–Trinajstić information content (AvgIpc) is 3.34. The predicted octanol–water partition coefficient (Wildman–Crippen LogP) is 3.47. The Balaban J connectivity index is 1.89. The number of methoxy groups -OCH3 is 1. The standard InChI is InChI=1S/C18H27ClN4O3/c1-18(2,3)26-17(24)23(13-6-7-13)10-9-21-16(20)22-12-5-8-15(25-4)14(19)11-12/h5,8,11,13H,6-7,9-10H2,1-4H3,(H3,20,21,22). The van der Waals surface area contributed by atoms with Crippen LogP contribution in [-0.2, 0) is 4.74 Å². The molecule has 0 heterocycles. The Morgan fingerprint density at radius 1 is 1.42 bits per heavy atom. The van der Waals surface area contributed by atoms with Gasteiger partial charge in [0.15, 0.2) is 5.96 Å². The van der Waals surface area contributed by atoms with Gasteiger partial charge in [-0.15, -0.1) is 0 Å². The van der Waals surface area contributed by atoms with Crippen LogP contribution in [0, 0.1) is 0 Å². The quantitative estimate of drug-likeness (QED) is 0.580. The molecule has 0 atom stereocenters. The van der Waals surface area contributed by atoms with Crippen LogP contribution in [0.5, 0.6) is 5.75 Å². The zero-order valence-corrected chi connectivity index (χ0v) is 16.5. The smallest absolute Gasteiger partial charge is 0.410 e. The van der Waals surface area contributed by atoms with Crippen LogP contribution in [0.15, 0.2) is 23.2 Å². The van der Waals surface area contributed by atoms with Gasteiger partial charge in [0.1, 0.15) is 11.4 Å². The predicted molar refractivity (Wildman–Crippen MR) is 104 cm³/mol. The summed E-state index contributed by atoms with van der Waals surface area (Å²) < 4.78 is 10.6. The van der Waals surface area contributed by atoms with Crippen LogP contribution < -0.4 is 15.8 Å². The van der Waals surface area contributed by atoms with Crippen molar-refractivity contribution < 1.29 is 14.3 Å². The van der Waals surface area contributed by atoms with Crippen LogP contribution in [0.25, 0.3) is 0 Å². The van der Waals surface area contributed by atoms with Gasteiger partial charge in [0, 0.05) is 18.3 Å². The van der Waals surface area contributed by atoms with Gasteiger partial charge in [0.05, 0.1) is 18.7 Å². The van der Waals surface area contributed by atoms with E-state index in [1.165, 1.54) is 0 Å². The molecule has 2 rings (SSSR count). The number of ether oxygens (including phenoxy) is 2. The number of carbonyl (C=O) groups excluding carboxylic acids is 1. The molecule has 26 heavy (non-hydrogen) atoms. The second kappa shape index (κ2) is 8.49. The fourth-order valence-corrected chi connectivity index (χ4v) is 2.60. The van der Waals surface area contributed by atoms with Crippen molar-refractivity contribution in [2.45, 2.75) is 45.3 Å². The lowest BCUT2D eigenvalue weighted by Crippen LogP contribution is -2.40. The largest absolute Gasteiger partial charge is 0.495 e. The molecule has 0 radical (unpaired) electrons. The number of aliphatic imine (C=N–C) groups is 1. The fraction of sp³-hybridized carbons (Fsp3) is 0.556. The third-order valence-corrected chi connectivity index (χ3v) is 3.96. The number of anilines is 1. The van der Waals surface area contributed by atoms with E-state index < -0.39 is 5.60 Å². The third kappa shape index (κ3) is 6.29. The van der Waals surface area contributed by atoms with Crippen LogP contribution in [0.1, 0.15) is 33.6 Å². The van der Waals surface area contributed by atoms with E-state index in [4.69, 9.17) is 26.8 Å². The third-order valence-electron chi connectivity index (χ3n) is 3.66. The molecule has 0 bridgehead atoms. The fourth-order valence-electron chi connectivity index (χ4n) is 2.34. The molecule has 1 aliphatic carbocycles. The van der Waals surface area contributed by atoms with E-state index in [0.29, 0.717) is 29.5 Å². The van der Waals surface area contributed by atoms with E-state index in [1.54, 1.807) is 30.2 Å². The Labute approximate surface area is 159 Å². The topological polar surface area (TPSA) is 89.2 Å². The van der Waals surface area contributed by atoms with Crippen LogP contribution in [-0.4, -0.2) is 48.8 Å². The molecule has 3 N–H and O–H groups in total. The molecule has 0 spiro atoms. The van der Waals surface area contributed by atoms with Crippen molar-refractivity contribution in [3.63, 3.8) is 0 Å². The molecule has 1 aliphatic rings. The Morgan fingerprint density at radius 2 is 2.12 bits per heavy atom. The van der Waals surface area contributed by atoms with E-state index in [9.17, 15) is 4.79 Å². The first-order valence-electron chi connectivity index (χ1n) is 8.59. The van der Waals surface area contributed by atoms with Crippen molar-refractivity contribution in [1.29, 1.82) is 0 Å². The molecular weight excluding hydrogens is 356 g/mol. The summed E-state index contributed by atoms with van der Waals surface area (Å²) in [5.74, 6) is 0.844. The second-order valence-electron chi connectivity index (χ2n) is 7.15. The number of amides is 1. The van der Waals surface area contributed by atoms with Gasteiger partial charge in [-0.25, -0.2) is 4.79 Å². The minimum atomic E-state index is -0.512. The second-order valence-corrected chi connectivity index (χ2v) is 7.55. The highest BCUT2D eigenvalue weighted by Crippen LogP contribution is 2.28. The lowest BCUT2D eigenvalue weighted by molar-refractivity contribution is 0.0240. The summed E-state index contributed by atoms with van der Waals surface area (Å²) in [6.07, 6.45) is 1.70. The summed E-state index contributed by atoms with van der Waals surface area (Å²) in [5, 5.41) is 3.45. The summed E-state index contributed by atoms with van der Waals surface area (Å²) in [5.41, 5.74) is 6.11. The molecule has 1 aromatic rings. The molecule has 144 valence electrons. The van der Waals surface area contributed by atoms with Crippen LogP contribution in [0.2, 0.25) is 5.02 Å². The van der Waals surface area contributed by atoms with Crippen molar-refractivity contribution in [3.05, 3.63) is 23.2 Å². The lowest BCUT2D eigenvalue weighted by atomic mass is 10.2. The van der Waals surface area contributed by atoms with Gasteiger partial charge in [-0.05, 0) is 51.8 Å². The highest BCUT2D eigenvalue weighted by Gasteiger charge is 2.34. The molecule has 1 fully saturated rings. The summed E-state index contributed by atoms with van der Waals surface area (Å²) in [4.78, 5) is 18.3. The maximum absolute atomic E-state index is 12.3. The molecular formula is C18H27ClN4O3. The molecule has 0 aromatic heterocycles. The van der Waals surface area contributed by atoms with E-state index in [0.717, 1.165) is 12.8 Å². The monoisotopic (exact) mass is 382 g/mol. The number of nitrogens with one attached hydrogen (secondary N) is 1. The number of benzene rings is 1. The maximum Gasteiger partial charge on any atom is 0.410 e. The van der Waals surface area contributed by atoms with E-state index in [2.05, 4.69) is 10.3 Å². The highest BCUT2D eigenvalue weighted by atomic mass is 35.5. The molecule has 8 heteroatoms. The molecule has 1 aromatic carbocycles. The van der Waals surface area contributed by atoms with Gasteiger partial charge in [0.2, 0.25) is 0 Å². The van der Waals surface area contributed by atoms with Gasteiger partial charge < -0.3 is 25.4 Å². The number of nitrogens with two attached hydrogens (primary N) is 1. The number of nitrogens with zero attached hydrogens (tertiary/aromatic N) is 2. The van der Waals surface area contributed by atoms with Crippen molar-refractivity contribution in [1.82, 2.24) is 4.90 Å². The van der Waals surface area contributed by atoms with Crippen molar-refractivity contribution in [2.75, 3.05) is 25.5 Å². The van der Waals surface area contributed by atoms with Gasteiger partial charge in [-0.2, -0.15) is 0 Å². The minimum Gasteiger partial charge on any atom is -0.495 e. The SMILES string of the molecule is COc1ccc(NC(N)=NCCN(C(=O)OC(C)(C)C)C2CC2)cc1Cl. The molecule has 1 amide bonds. The molecule has 7 nitrogen and oxygen atoms in total. The first-order chi connectivity index (χ1) is 12.2. The number of carbonyl (C=O) groups is 1. The molecule has 0 aliphatic heterocycles. The number of hydrogen-bond donors (Lipinski definition) is 2. The summed E-state index contributed by atoms with van der Waals surface area (Å²) in [6, 6.07) is 5.49. The zero-order valence-electron chi connectivity index (χ0n) is 15.7. The van der Waals surface area contributed by atoms with Gasteiger partial charge in [-0.3, -0.25) is 4.99 Å². The Kier molecular flexibility index (Phi) is 6.58. The van der Waals surface area contributed by atoms with Crippen molar-refractivity contribution >= 4 is 29.3 Å². The Bertz CT molecular complexity index is 669. The van der Waals surface area contributed by atoms with Gasteiger partial charge >= 0.3 is 6.09 Å². The van der Waals surface area contributed by atoms with Crippen LogP contribution in [0.4, 0.5) is 10.5 Å². The Morgan fingerprint density at radius 3 is 2.65 bits per heavy atom. The van der Waals surface area contributed by atoms with Crippen molar-refractivity contribution in [2.24, 2.45) is 10.7 Å². The van der Waals surface area contributed by atoms with E-state index in [-0.39, 0.29) is 18.1 Å². The average molecular weight is 383 g/mol. The normalized spacial score (nSPS) is 14.7. The molecule has 1 saturated carbocycles. The lowest BCUT2D eigenvalue weighted by Gasteiger charge is -2.27. The summed E-state index contributed by atoms with van der Waals surface area (Å²) in [6.45, 7) is 6.42. The summed E-state index contributed by atoms with van der Waals surface area (Å²) in [7, 11) is 1.56. The van der Waals surface area contributed by atoms with E-state index >= 15 is 0 Å². The van der Waals surface area contributed by atoms with Crippen LogP contribution >= 0.6 is 11.6 Å². The summed E-state index contributed by atoms with van der Waals surface area (Å²) >= 11 is 6.08. The van der Waals surface area contributed by atoms with Gasteiger partial charge in [-0.1, -0.05) is 11.6 Å². The van der Waals surface area contributed by atoms with Crippen LogP contribution in [0.3, 0.4) is 0 Å². The molecule has 0 unspecified atom stereocenters. The maximum atomic E-state index is 12.3.